The van der Waals surface area contributed by atoms with Crippen LogP contribution in [0.4, 0.5) is 5.69 Å². The second-order valence-electron chi connectivity index (χ2n) is 6.66. The minimum atomic E-state index is -1.51. The van der Waals surface area contributed by atoms with E-state index >= 15 is 0 Å². The van der Waals surface area contributed by atoms with Crippen LogP contribution in [-0.4, -0.2) is 21.2 Å². The fourth-order valence-electron chi connectivity index (χ4n) is 3.07. The normalized spacial score (nSPS) is 12.6. The number of non-ortho nitro benzene ring substituents is 1. The molecule has 8 nitrogen and oxygen atoms in total. The number of benzene rings is 2. The molecule has 2 atom stereocenters. The zero-order valence-corrected chi connectivity index (χ0v) is 16.1. The molecule has 0 radical (unpaired) electrons. The first kappa shape index (κ1) is 20.7. The summed E-state index contributed by atoms with van der Waals surface area (Å²) in [4.78, 5) is 49.1. The highest BCUT2D eigenvalue weighted by Crippen LogP contribution is 2.20. The Morgan fingerprint density at radius 3 is 2.37 bits per heavy atom. The van der Waals surface area contributed by atoms with Crippen LogP contribution >= 0.6 is 0 Å². The maximum Gasteiger partial charge on any atom is 0.270 e. The molecule has 1 heterocycles. The van der Waals surface area contributed by atoms with Crippen molar-refractivity contribution < 1.29 is 14.5 Å². The number of nitrogens with zero attached hydrogens (tertiary/aromatic N) is 2. The topological polar surface area (TPSA) is 111 Å². The molecule has 1 N–H and O–H groups in total. The first-order chi connectivity index (χ1) is 14.4. The van der Waals surface area contributed by atoms with Crippen LogP contribution in [0.3, 0.4) is 0 Å². The Morgan fingerprint density at radius 2 is 1.70 bits per heavy atom. The van der Waals surface area contributed by atoms with Crippen molar-refractivity contribution in [2.24, 2.45) is 0 Å². The largest absolute Gasteiger partial charge is 0.347 e. The van der Waals surface area contributed by atoms with Gasteiger partial charge in [-0.2, -0.15) is 0 Å². The predicted molar refractivity (Wildman–Crippen MR) is 110 cm³/mol. The number of amides is 1. The standard InChI is InChI=1S/C22H19N3O5/c1-15(16-8-3-2-4-9-16)23-22(28)20(24-13-6-5-12-19(24)26)21(27)17-10-7-11-18(14-17)25(29)30/h2-15,20H,1H3,(H,23,28)/t15-,20+/m0/s1. The quantitative estimate of drug-likeness (QED) is 0.281. The van der Waals surface area contributed by atoms with Crippen LogP contribution in [-0.2, 0) is 4.79 Å². The molecule has 3 rings (SSSR count). The van der Waals surface area contributed by atoms with Crippen LogP contribution in [0.2, 0.25) is 0 Å². The van der Waals surface area contributed by atoms with Gasteiger partial charge in [0.2, 0.25) is 0 Å². The van der Waals surface area contributed by atoms with Crippen LogP contribution in [0.5, 0.6) is 0 Å². The molecule has 3 aromatic rings. The molecule has 0 spiro atoms. The van der Waals surface area contributed by atoms with Crippen LogP contribution in [0, 0.1) is 10.1 Å². The summed E-state index contributed by atoms with van der Waals surface area (Å²) < 4.78 is 1.02. The molecule has 0 aliphatic rings. The molecule has 0 bridgehead atoms. The number of rotatable bonds is 7. The lowest BCUT2D eigenvalue weighted by molar-refractivity contribution is -0.384. The molecule has 0 aliphatic heterocycles. The third-order valence-electron chi connectivity index (χ3n) is 4.63. The van der Waals surface area contributed by atoms with E-state index in [1.54, 1.807) is 6.92 Å². The monoisotopic (exact) mass is 405 g/mol. The maximum absolute atomic E-state index is 13.2. The molecular weight excluding hydrogens is 386 g/mol. The highest BCUT2D eigenvalue weighted by molar-refractivity contribution is 6.12. The predicted octanol–water partition coefficient (Wildman–Crippen LogP) is 3.06. The Morgan fingerprint density at radius 1 is 1.00 bits per heavy atom. The van der Waals surface area contributed by atoms with Crippen LogP contribution < -0.4 is 10.9 Å². The number of carbonyl (C=O) groups excluding carboxylic acids is 2. The second-order valence-corrected chi connectivity index (χ2v) is 6.66. The van der Waals surface area contributed by atoms with Gasteiger partial charge in [-0.05, 0) is 18.6 Å². The zero-order chi connectivity index (χ0) is 21.7. The van der Waals surface area contributed by atoms with E-state index in [9.17, 15) is 24.5 Å². The van der Waals surface area contributed by atoms with E-state index in [0.29, 0.717) is 0 Å². The molecule has 0 saturated heterocycles. The van der Waals surface area contributed by atoms with Gasteiger partial charge in [-0.25, -0.2) is 0 Å². The van der Waals surface area contributed by atoms with Gasteiger partial charge in [0.15, 0.2) is 11.8 Å². The molecule has 0 fully saturated rings. The summed E-state index contributed by atoms with van der Waals surface area (Å²) in [6, 6.07) is 16.6. The summed E-state index contributed by atoms with van der Waals surface area (Å²) in [6.45, 7) is 1.76. The molecule has 0 unspecified atom stereocenters. The highest BCUT2D eigenvalue weighted by Gasteiger charge is 2.31. The van der Waals surface area contributed by atoms with Gasteiger partial charge in [-0.1, -0.05) is 48.5 Å². The molecule has 2 aromatic carbocycles. The third-order valence-corrected chi connectivity index (χ3v) is 4.63. The molecule has 0 saturated carbocycles. The summed E-state index contributed by atoms with van der Waals surface area (Å²) in [6.07, 6.45) is 1.34. The van der Waals surface area contributed by atoms with Gasteiger partial charge in [-0.15, -0.1) is 0 Å². The Kier molecular flexibility index (Phi) is 6.17. The van der Waals surface area contributed by atoms with E-state index < -0.39 is 34.3 Å². The molecule has 152 valence electrons. The van der Waals surface area contributed by atoms with E-state index in [0.717, 1.165) is 16.2 Å². The van der Waals surface area contributed by atoms with Gasteiger partial charge in [0.25, 0.3) is 17.2 Å². The van der Waals surface area contributed by atoms with E-state index in [-0.39, 0.29) is 11.3 Å². The van der Waals surface area contributed by atoms with E-state index in [1.165, 1.54) is 42.6 Å². The Bertz CT molecular complexity index is 1140. The first-order valence-corrected chi connectivity index (χ1v) is 9.19. The summed E-state index contributed by atoms with van der Waals surface area (Å²) in [5.74, 6) is -1.40. The van der Waals surface area contributed by atoms with Crippen molar-refractivity contribution in [1.82, 2.24) is 9.88 Å². The molecule has 1 aromatic heterocycles. The number of ketones is 1. The van der Waals surface area contributed by atoms with Crippen molar-refractivity contribution in [3.8, 4) is 0 Å². The number of carbonyl (C=O) groups is 2. The summed E-state index contributed by atoms with van der Waals surface area (Å²) in [5.41, 5.74) is -0.0258. The number of hydrogen-bond donors (Lipinski definition) is 1. The lowest BCUT2D eigenvalue weighted by Gasteiger charge is -2.21. The highest BCUT2D eigenvalue weighted by atomic mass is 16.6. The van der Waals surface area contributed by atoms with Crippen LogP contribution in [0.15, 0.2) is 83.8 Å². The Hall–Kier alpha value is -4.07. The second kappa shape index (κ2) is 8.95. The van der Waals surface area contributed by atoms with E-state index in [4.69, 9.17) is 0 Å². The van der Waals surface area contributed by atoms with Gasteiger partial charge in [0, 0.05) is 30.0 Å². The number of pyridine rings is 1. The average molecular weight is 405 g/mol. The smallest absolute Gasteiger partial charge is 0.270 e. The number of Topliss-reactive ketones (excluding diaryl/α,β-unsaturated/α-hetero) is 1. The molecule has 1 amide bonds. The van der Waals surface area contributed by atoms with Crippen molar-refractivity contribution in [1.29, 1.82) is 0 Å². The number of nitrogens with one attached hydrogen (secondary N) is 1. The fraction of sp³-hybridized carbons (Fsp3) is 0.136. The number of nitro benzene ring substituents is 1. The zero-order valence-electron chi connectivity index (χ0n) is 16.1. The average Bonchev–Trinajstić information content (AvgIpc) is 2.75. The Labute approximate surface area is 171 Å². The van der Waals surface area contributed by atoms with E-state index in [1.807, 2.05) is 30.3 Å². The van der Waals surface area contributed by atoms with Crippen molar-refractivity contribution in [2.75, 3.05) is 0 Å². The Balaban J connectivity index is 1.99. The summed E-state index contributed by atoms with van der Waals surface area (Å²) in [7, 11) is 0. The minimum absolute atomic E-state index is 0.0348. The number of hydrogen-bond acceptors (Lipinski definition) is 5. The van der Waals surface area contributed by atoms with E-state index in [2.05, 4.69) is 5.32 Å². The maximum atomic E-state index is 13.2. The SMILES string of the molecule is C[C@H](NC(=O)[C@@H](C(=O)c1cccc([N+](=O)[O-])c1)n1ccccc1=O)c1ccccc1. The summed E-state index contributed by atoms with van der Waals surface area (Å²) >= 11 is 0. The van der Waals surface area contributed by atoms with Crippen molar-refractivity contribution in [3.05, 3.63) is 111 Å². The van der Waals surface area contributed by atoms with Gasteiger partial charge in [0.05, 0.1) is 11.0 Å². The third kappa shape index (κ3) is 4.49. The van der Waals surface area contributed by atoms with Gasteiger partial charge < -0.3 is 5.32 Å². The minimum Gasteiger partial charge on any atom is -0.347 e. The molecule has 30 heavy (non-hydrogen) atoms. The van der Waals surface area contributed by atoms with Crippen molar-refractivity contribution in [2.45, 2.75) is 19.0 Å². The van der Waals surface area contributed by atoms with Gasteiger partial charge >= 0.3 is 0 Å². The van der Waals surface area contributed by atoms with Crippen LogP contribution in [0.25, 0.3) is 0 Å². The molecule has 8 heteroatoms. The van der Waals surface area contributed by atoms with Crippen molar-refractivity contribution in [3.63, 3.8) is 0 Å². The van der Waals surface area contributed by atoms with Gasteiger partial charge in [-0.3, -0.25) is 29.1 Å². The first-order valence-electron chi connectivity index (χ1n) is 9.19. The van der Waals surface area contributed by atoms with Crippen LogP contribution in [0.1, 0.15) is 34.9 Å². The van der Waals surface area contributed by atoms with Crippen molar-refractivity contribution >= 4 is 17.4 Å². The lowest BCUT2D eigenvalue weighted by atomic mass is 10.0. The number of aromatic nitrogens is 1. The molecular formula is C22H19N3O5. The lowest BCUT2D eigenvalue weighted by Crippen LogP contribution is -2.42. The molecule has 0 aliphatic carbocycles. The number of nitro groups is 1. The summed E-state index contributed by atoms with van der Waals surface area (Å²) in [5, 5.41) is 13.8. The van der Waals surface area contributed by atoms with Gasteiger partial charge in [0.1, 0.15) is 0 Å². The fourth-order valence-corrected chi connectivity index (χ4v) is 3.07.